The van der Waals surface area contributed by atoms with E-state index in [1.807, 2.05) is 19.1 Å². The predicted octanol–water partition coefficient (Wildman–Crippen LogP) is 6.06. The number of nitrogens with two attached hydrogens (primary N) is 1. The standard InChI is InChI=1S/C42H29N7O6/c1-23-2-9-28(21-44-23)46-37(50)26-7-15-32-34(19-26)41(54)48(39(32)52)30-11-3-24(4-12-30)18-25-5-13-31(14-6-25)49-40(53)33-16-8-27(20-35(33)42(49)55)38(51)47-29-10-17-36(43)45-22-29/h2-17,19-22H,18H2,1H3,(H2,43,45)(H,46,50)(H,47,51). The number of nitrogens with zero attached hydrogens (tertiary/aromatic N) is 4. The number of aromatic nitrogens is 2. The molecule has 2 aliphatic rings. The summed E-state index contributed by atoms with van der Waals surface area (Å²) in [6.07, 6.45) is 3.44. The van der Waals surface area contributed by atoms with Crippen molar-refractivity contribution in [1.82, 2.24) is 9.97 Å². The average Bonchev–Trinajstić information content (AvgIpc) is 3.60. The van der Waals surface area contributed by atoms with E-state index in [0.717, 1.165) is 26.6 Å². The van der Waals surface area contributed by atoms with Crippen LogP contribution in [0.1, 0.15) is 79.0 Å². The Bertz CT molecular complexity index is 2410. The second kappa shape index (κ2) is 13.6. The van der Waals surface area contributed by atoms with Crippen molar-refractivity contribution in [3.63, 3.8) is 0 Å². The van der Waals surface area contributed by atoms with Crippen molar-refractivity contribution < 1.29 is 28.8 Å². The van der Waals surface area contributed by atoms with Crippen LogP contribution in [0.3, 0.4) is 0 Å². The summed E-state index contributed by atoms with van der Waals surface area (Å²) in [4.78, 5) is 89.4. The summed E-state index contributed by atoms with van der Waals surface area (Å²) in [5, 5.41) is 5.45. The third kappa shape index (κ3) is 6.46. The van der Waals surface area contributed by atoms with Crippen molar-refractivity contribution in [2.75, 3.05) is 26.2 Å². The van der Waals surface area contributed by atoms with Gasteiger partial charge in [-0.15, -0.1) is 0 Å². The molecule has 2 aliphatic heterocycles. The first kappa shape index (κ1) is 34.3. The maximum Gasteiger partial charge on any atom is 0.266 e. The summed E-state index contributed by atoms with van der Waals surface area (Å²) in [6, 6.07) is 29.4. The Hall–Kier alpha value is -7.80. The maximum atomic E-state index is 13.4. The molecule has 13 heteroatoms. The minimum atomic E-state index is -0.542. The molecular weight excluding hydrogens is 699 g/mol. The molecule has 0 radical (unpaired) electrons. The van der Waals surface area contributed by atoms with Crippen molar-refractivity contribution in [2.24, 2.45) is 0 Å². The zero-order chi connectivity index (χ0) is 38.4. The zero-order valence-electron chi connectivity index (χ0n) is 29.1. The van der Waals surface area contributed by atoms with Gasteiger partial charge in [-0.05, 0) is 109 Å². The van der Waals surface area contributed by atoms with Crippen LogP contribution in [0.2, 0.25) is 0 Å². The van der Waals surface area contributed by atoms with Crippen molar-refractivity contribution in [1.29, 1.82) is 0 Å². The molecule has 0 atom stereocenters. The van der Waals surface area contributed by atoms with E-state index in [4.69, 9.17) is 5.73 Å². The molecule has 0 saturated carbocycles. The van der Waals surface area contributed by atoms with Gasteiger partial charge in [-0.2, -0.15) is 0 Å². The highest BCUT2D eigenvalue weighted by Crippen LogP contribution is 2.32. The van der Waals surface area contributed by atoms with Gasteiger partial charge in [0.25, 0.3) is 35.4 Å². The smallest absolute Gasteiger partial charge is 0.266 e. The second-order valence-corrected chi connectivity index (χ2v) is 13.0. The van der Waals surface area contributed by atoms with E-state index < -0.39 is 35.4 Å². The van der Waals surface area contributed by atoms with Crippen LogP contribution in [-0.2, 0) is 6.42 Å². The van der Waals surface area contributed by atoms with Gasteiger partial charge in [0.1, 0.15) is 5.82 Å². The fourth-order valence-electron chi connectivity index (χ4n) is 6.42. The number of fused-ring (bicyclic) bond motifs is 2. The zero-order valence-corrected chi connectivity index (χ0v) is 29.1. The fraction of sp³-hybridized carbons (Fsp3) is 0.0476. The summed E-state index contributed by atoms with van der Waals surface area (Å²) >= 11 is 0. The molecule has 268 valence electrons. The van der Waals surface area contributed by atoms with Crippen molar-refractivity contribution in [3.8, 4) is 0 Å². The Kier molecular flexibility index (Phi) is 8.50. The number of imide groups is 2. The van der Waals surface area contributed by atoms with Crippen molar-refractivity contribution >= 4 is 64.0 Å². The van der Waals surface area contributed by atoms with Crippen LogP contribution in [0.25, 0.3) is 0 Å². The monoisotopic (exact) mass is 727 g/mol. The summed E-state index contributed by atoms with van der Waals surface area (Å²) < 4.78 is 0. The van der Waals surface area contributed by atoms with Gasteiger partial charge in [-0.25, -0.2) is 14.8 Å². The molecule has 55 heavy (non-hydrogen) atoms. The lowest BCUT2D eigenvalue weighted by Crippen LogP contribution is -2.29. The number of aryl methyl sites for hydroxylation is 1. The van der Waals surface area contributed by atoms with Gasteiger partial charge in [0.05, 0.1) is 57.4 Å². The molecule has 0 spiro atoms. The van der Waals surface area contributed by atoms with Gasteiger partial charge >= 0.3 is 0 Å². The Morgan fingerprint density at radius 2 is 0.982 bits per heavy atom. The number of rotatable bonds is 8. The highest BCUT2D eigenvalue weighted by molar-refractivity contribution is 6.35. The number of carbonyl (C=O) groups is 6. The van der Waals surface area contributed by atoms with Gasteiger partial charge in [-0.1, -0.05) is 24.3 Å². The van der Waals surface area contributed by atoms with Crippen LogP contribution >= 0.6 is 0 Å². The lowest BCUT2D eigenvalue weighted by molar-refractivity contribution is 0.0910. The number of amides is 6. The van der Waals surface area contributed by atoms with E-state index in [9.17, 15) is 28.8 Å². The Morgan fingerprint density at radius 3 is 1.40 bits per heavy atom. The molecule has 0 unspecified atom stereocenters. The molecule has 2 aromatic heterocycles. The van der Waals surface area contributed by atoms with E-state index in [1.165, 1.54) is 48.8 Å². The number of hydrogen-bond acceptors (Lipinski definition) is 9. The van der Waals surface area contributed by atoms with Crippen LogP contribution in [0.5, 0.6) is 0 Å². The molecule has 0 saturated heterocycles. The topological polar surface area (TPSA) is 185 Å². The third-order valence-corrected chi connectivity index (χ3v) is 9.31. The summed E-state index contributed by atoms with van der Waals surface area (Å²) in [5.41, 5.74) is 11.0. The highest BCUT2D eigenvalue weighted by atomic mass is 16.2. The van der Waals surface area contributed by atoms with Crippen molar-refractivity contribution in [3.05, 3.63) is 172 Å². The molecule has 13 nitrogen and oxygen atoms in total. The molecule has 0 bridgehead atoms. The van der Waals surface area contributed by atoms with E-state index >= 15 is 0 Å². The number of benzene rings is 4. The van der Waals surface area contributed by atoms with Crippen LogP contribution in [0.15, 0.2) is 122 Å². The maximum absolute atomic E-state index is 13.4. The molecular formula is C42H29N7O6. The first-order valence-corrected chi connectivity index (χ1v) is 17.0. The van der Waals surface area contributed by atoms with Gasteiger partial charge in [0.2, 0.25) is 0 Å². The molecule has 4 N–H and O–H groups in total. The van der Waals surface area contributed by atoms with Crippen molar-refractivity contribution in [2.45, 2.75) is 13.3 Å². The fourth-order valence-corrected chi connectivity index (χ4v) is 6.42. The van der Waals surface area contributed by atoms with E-state index in [2.05, 4.69) is 20.6 Å². The number of carbonyl (C=O) groups excluding carboxylic acids is 6. The highest BCUT2D eigenvalue weighted by Gasteiger charge is 2.38. The van der Waals surface area contributed by atoms with Crippen LogP contribution < -0.4 is 26.2 Å². The normalized spacial score (nSPS) is 13.2. The van der Waals surface area contributed by atoms with Crippen LogP contribution in [0, 0.1) is 6.92 Å². The number of hydrogen-bond donors (Lipinski definition) is 3. The lowest BCUT2D eigenvalue weighted by atomic mass is 10.0. The van der Waals surface area contributed by atoms with E-state index in [-0.39, 0.29) is 33.4 Å². The molecule has 0 aliphatic carbocycles. The Morgan fingerprint density at radius 1 is 0.545 bits per heavy atom. The number of anilines is 5. The summed E-state index contributed by atoms with van der Waals surface area (Å²) in [6.45, 7) is 1.84. The average molecular weight is 728 g/mol. The van der Waals surface area contributed by atoms with Gasteiger partial charge in [0.15, 0.2) is 0 Å². The number of nitrogens with one attached hydrogen (secondary N) is 2. The summed E-state index contributed by atoms with van der Waals surface area (Å²) in [5.74, 6) is -2.65. The number of pyridine rings is 2. The summed E-state index contributed by atoms with van der Waals surface area (Å²) in [7, 11) is 0. The second-order valence-electron chi connectivity index (χ2n) is 13.0. The van der Waals surface area contributed by atoms with E-state index in [0.29, 0.717) is 35.0 Å². The van der Waals surface area contributed by atoms with Gasteiger partial charge in [0, 0.05) is 16.8 Å². The molecule has 6 amide bonds. The third-order valence-electron chi connectivity index (χ3n) is 9.31. The largest absolute Gasteiger partial charge is 0.384 e. The lowest BCUT2D eigenvalue weighted by Gasteiger charge is -2.15. The molecule has 4 heterocycles. The quantitative estimate of drug-likeness (QED) is 0.157. The van der Waals surface area contributed by atoms with E-state index in [1.54, 1.807) is 60.7 Å². The number of nitrogen functional groups attached to an aromatic ring is 1. The predicted molar refractivity (Wildman–Crippen MR) is 204 cm³/mol. The Balaban J connectivity index is 0.918. The van der Waals surface area contributed by atoms with Gasteiger partial charge in [-0.3, -0.25) is 33.8 Å². The minimum absolute atomic E-state index is 0.122. The van der Waals surface area contributed by atoms with Crippen LogP contribution in [0.4, 0.5) is 28.6 Å². The SMILES string of the molecule is Cc1ccc(NC(=O)c2ccc3c(c2)C(=O)N(c2ccc(Cc4ccc(N5C(=O)c6ccc(C(=O)Nc7ccc(N)nc7)cc6C5=O)cc4)cc2)C3=O)cn1. The molecule has 4 aromatic carbocycles. The molecule has 0 fully saturated rings. The first-order valence-electron chi connectivity index (χ1n) is 17.0. The first-order chi connectivity index (χ1) is 26.5. The minimum Gasteiger partial charge on any atom is -0.384 e. The molecule has 6 aromatic rings. The Labute approximate surface area is 313 Å². The molecule has 8 rings (SSSR count). The van der Waals surface area contributed by atoms with Gasteiger partial charge < -0.3 is 16.4 Å². The van der Waals surface area contributed by atoms with Crippen LogP contribution in [-0.4, -0.2) is 45.4 Å².